The fourth-order valence-corrected chi connectivity index (χ4v) is 1.99. The number of nitrogens with zero attached hydrogens (tertiary/aromatic N) is 2. The quantitative estimate of drug-likeness (QED) is 0.839. The normalized spacial score (nSPS) is 16.3. The molecular formula is C12H15N3O. The van der Waals surface area contributed by atoms with Crippen LogP contribution in [0.4, 0.5) is 0 Å². The van der Waals surface area contributed by atoms with Gasteiger partial charge in [0.2, 0.25) is 0 Å². The molecule has 0 atom stereocenters. The van der Waals surface area contributed by atoms with Crippen molar-refractivity contribution >= 4 is 10.9 Å². The van der Waals surface area contributed by atoms with Crippen LogP contribution in [0.2, 0.25) is 0 Å². The highest BCUT2D eigenvalue weighted by Crippen LogP contribution is 2.25. The number of aryl methyl sites for hydroxylation is 1. The molecule has 1 saturated heterocycles. The van der Waals surface area contributed by atoms with E-state index in [9.17, 15) is 0 Å². The second-order valence-corrected chi connectivity index (χ2v) is 4.30. The smallest absolute Gasteiger partial charge is 0.145 e. The molecule has 2 heterocycles. The van der Waals surface area contributed by atoms with Crippen molar-refractivity contribution in [3.8, 4) is 5.75 Å². The average Bonchev–Trinajstić information content (AvgIpc) is 2.59. The Balaban J connectivity index is 1.86. The number of rotatable bonds is 3. The lowest BCUT2D eigenvalue weighted by Crippen LogP contribution is -2.45. The molecular weight excluding hydrogens is 202 g/mol. The van der Waals surface area contributed by atoms with E-state index in [1.54, 1.807) is 0 Å². The molecule has 0 aliphatic carbocycles. The highest BCUT2D eigenvalue weighted by atomic mass is 16.5. The number of benzene rings is 1. The summed E-state index contributed by atoms with van der Waals surface area (Å²) in [6, 6.07) is 6.08. The van der Waals surface area contributed by atoms with Crippen LogP contribution < -0.4 is 10.1 Å². The molecule has 3 rings (SSSR count). The third-order valence-corrected chi connectivity index (χ3v) is 3.06. The number of hydrogen-bond donors (Lipinski definition) is 1. The predicted molar refractivity (Wildman–Crippen MR) is 62.6 cm³/mol. The molecule has 0 bridgehead atoms. The number of para-hydroxylation sites is 1. The highest BCUT2D eigenvalue weighted by Gasteiger charge is 2.18. The van der Waals surface area contributed by atoms with E-state index >= 15 is 0 Å². The monoisotopic (exact) mass is 217 g/mol. The van der Waals surface area contributed by atoms with Crippen LogP contribution in [-0.2, 0) is 7.05 Å². The lowest BCUT2D eigenvalue weighted by atomic mass is 10.1. The molecule has 0 unspecified atom stereocenters. The summed E-state index contributed by atoms with van der Waals surface area (Å²) in [6.07, 6.45) is 1.87. The summed E-state index contributed by atoms with van der Waals surface area (Å²) in [7, 11) is 1.94. The van der Waals surface area contributed by atoms with Gasteiger partial charge in [-0.2, -0.15) is 5.10 Å². The molecule has 1 aliphatic heterocycles. The number of nitrogens with one attached hydrogen (secondary N) is 1. The molecule has 0 saturated carbocycles. The van der Waals surface area contributed by atoms with Crippen molar-refractivity contribution in [3.05, 3.63) is 24.4 Å². The van der Waals surface area contributed by atoms with Crippen LogP contribution in [-0.4, -0.2) is 29.5 Å². The number of aromatic nitrogens is 2. The Morgan fingerprint density at radius 1 is 1.50 bits per heavy atom. The van der Waals surface area contributed by atoms with Crippen molar-refractivity contribution in [1.29, 1.82) is 0 Å². The number of ether oxygens (including phenoxy) is 1. The molecule has 84 valence electrons. The zero-order valence-corrected chi connectivity index (χ0v) is 9.31. The highest BCUT2D eigenvalue weighted by molar-refractivity contribution is 5.84. The summed E-state index contributed by atoms with van der Waals surface area (Å²) in [5, 5.41) is 8.62. The maximum Gasteiger partial charge on any atom is 0.145 e. The fraction of sp³-hybridized carbons (Fsp3) is 0.417. The van der Waals surface area contributed by atoms with Crippen LogP contribution in [0.1, 0.15) is 0 Å². The second-order valence-electron chi connectivity index (χ2n) is 4.30. The summed E-state index contributed by atoms with van der Waals surface area (Å²) in [6.45, 7) is 2.93. The molecule has 0 amide bonds. The Labute approximate surface area is 94.2 Å². The van der Waals surface area contributed by atoms with Crippen LogP contribution >= 0.6 is 0 Å². The first-order chi connectivity index (χ1) is 7.84. The molecule has 4 nitrogen and oxygen atoms in total. The van der Waals surface area contributed by atoms with Gasteiger partial charge in [0.1, 0.15) is 11.3 Å². The maximum atomic E-state index is 5.86. The van der Waals surface area contributed by atoms with E-state index < -0.39 is 0 Å². The Kier molecular flexibility index (Phi) is 2.29. The second kappa shape index (κ2) is 3.79. The van der Waals surface area contributed by atoms with Crippen molar-refractivity contribution in [2.75, 3.05) is 19.7 Å². The first kappa shape index (κ1) is 9.66. The van der Waals surface area contributed by atoms with E-state index in [2.05, 4.69) is 16.5 Å². The summed E-state index contributed by atoms with van der Waals surface area (Å²) in [5.74, 6) is 1.59. The summed E-state index contributed by atoms with van der Waals surface area (Å²) in [4.78, 5) is 0. The van der Waals surface area contributed by atoms with Crippen LogP contribution in [0.3, 0.4) is 0 Å². The van der Waals surface area contributed by atoms with Crippen LogP contribution in [0, 0.1) is 5.92 Å². The lowest BCUT2D eigenvalue weighted by molar-refractivity contribution is 0.200. The van der Waals surface area contributed by atoms with Gasteiger partial charge < -0.3 is 10.1 Å². The van der Waals surface area contributed by atoms with Gasteiger partial charge in [-0.15, -0.1) is 0 Å². The van der Waals surface area contributed by atoms with E-state index in [4.69, 9.17) is 4.74 Å². The largest absolute Gasteiger partial charge is 0.491 e. The van der Waals surface area contributed by atoms with Gasteiger partial charge in [-0.1, -0.05) is 12.1 Å². The summed E-state index contributed by atoms with van der Waals surface area (Å²) in [5.41, 5.74) is 1.08. The third-order valence-electron chi connectivity index (χ3n) is 3.06. The molecule has 1 fully saturated rings. The predicted octanol–water partition coefficient (Wildman–Crippen LogP) is 1.17. The Hall–Kier alpha value is -1.55. The van der Waals surface area contributed by atoms with Gasteiger partial charge in [0, 0.05) is 31.4 Å². The first-order valence-corrected chi connectivity index (χ1v) is 5.59. The Morgan fingerprint density at radius 2 is 2.38 bits per heavy atom. The van der Waals surface area contributed by atoms with Gasteiger partial charge in [0.05, 0.1) is 12.8 Å². The molecule has 16 heavy (non-hydrogen) atoms. The fourth-order valence-electron chi connectivity index (χ4n) is 1.99. The minimum atomic E-state index is 0.656. The first-order valence-electron chi connectivity index (χ1n) is 5.59. The maximum absolute atomic E-state index is 5.86. The average molecular weight is 217 g/mol. The van der Waals surface area contributed by atoms with Crippen molar-refractivity contribution < 1.29 is 4.74 Å². The topological polar surface area (TPSA) is 39.1 Å². The zero-order chi connectivity index (χ0) is 11.0. The minimum Gasteiger partial charge on any atom is -0.491 e. The van der Waals surface area contributed by atoms with Crippen LogP contribution in [0.15, 0.2) is 24.4 Å². The molecule has 0 spiro atoms. The number of fused-ring (bicyclic) bond motifs is 1. The summed E-state index contributed by atoms with van der Waals surface area (Å²) >= 11 is 0. The van der Waals surface area contributed by atoms with Gasteiger partial charge in [0.15, 0.2) is 0 Å². The van der Waals surface area contributed by atoms with E-state index in [0.29, 0.717) is 5.92 Å². The van der Waals surface area contributed by atoms with Gasteiger partial charge in [0.25, 0.3) is 0 Å². The molecule has 4 heteroatoms. The van der Waals surface area contributed by atoms with Crippen molar-refractivity contribution in [1.82, 2.24) is 15.1 Å². The van der Waals surface area contributed by atoms with E-state index in [0.717, 1.165) is 36.3 Å². The standard InChI is InChI=1S/C12H15N3O/c1-15-12-10(7-14-15)3-2-4-11(12)16-8-9-5-13-6-9/h2-4,7,9,13H,5-6,8H2,1H3. The zero-order valence-electron chi connectivity index (χ0n) is 9.31. The van der Waals surface area contributed by atoms with Gasteiger partial charge in [-0.25, -0.2) is 0 Å². The van der Waals surface area contributed by atoms with Crippen molar-refractivity contribution in [3.63, 3.8) is 0 Å². The molecule has 1 aromatic heterocycles. The minimum absolute atomic E-state index is 0.656. The van der Waals surface area contributed by atoms with Gasteiger partial charge in [-0.3, -0.25) is 4.68 Å². The van der Waals surface area contributed by atoms with E-state index in [1.165, 1.54) is 0 Å². The van der Waals surface area contributed by atoms with Crippen molar-refractivity contribution in [2.45, 2.75) is 0 Å². The Morgan fingerprint density at radius 3 is 3.12 bits per heavy atom. The van der Waals surface area contributed by atoms with Crippen molar-refractivity contribution in [2.24, 2.45) is 13.0 Å². The third kappa shape index (κ3) is 1.55. The van der Waals surface area contributed by atoms with E-state index in [1.807, 2.05) is 30.1 Å². The SMILES string of the molecule is Cn1ncc2cccc(OCC3CNC3)c21. The molecule has 2 aromatic rings. The van der Waals surface area contributed by atoms with Crippen LogP contribution in [0.5, 0.6) is 5.75 Å². The Bertz CT molecular complexity index is 502. The lowest BCUT2D eigenvalue weighted by Gasteiger charge is -2.26. The summed E-state index contributed by atoms with van der Waals surface area (Å²) < 4.78 is 7.73. The molecule has 0 radical (unpaired) electrons. The molecule has 1 aromatic carbocycles. The molecule has 1 N–H and O–H groups in total. The molecule has 1 aliphatic rings. The van der Waals surface area contributed by atoms with Gasteiger partial charge >= 0.3 is 0 Å². The van der Waals surface area contributed by atoms with E-state index in [-0.39, 0.29) is 0 Å². The van der Waals surface area contributed by atoms with Crippen LogP contribution in [0.25, 0.3) is 10.9 Å². The van der Waals surface area contributed by atoms with Gasteiger partial charge in [-0.05, 0) is 6.07 Å². The number of hydrogen-bond acceptors (Lipinski definition) is 3.